The number of nitrogens with one attached hydrogen (secondary N) is 1. The number of pyridine rings is 2. The van der Waals surface area contributed by atoms with Gasteiger partial charge in [-0.05, 0) is 24.3 Å². The van der Waals surface area contributed by atoms with E-state index in [2.05, 4.69) is 15.3 Å². The minimum Gasteiger partial charge on any atom is -0.497 e. The fourth-order valence-corrected chi connectivity index (χ4v) is 3.76. The second kappa shape index (κ2) is 10.1. The standard InChI is InChI=1S/C22H23FN4O3S/c1-27(2)20-11-15(9-10-24-20)25-21(28)17-7-8-19(23)26-22(17)31-13-14-5-6-16(29-3)12-18(14)30-4/h5-12H,13H2,1-4H3,(H,24,25,28). The molecular weight excluding hydrogens is 419 g/mol. The van der Waals surface area contributed by atoms with Crippen LogP contribution in [0.3, 0.4) is 0 Å². The second-order valence-corrected chi connectivity index (χ2v) is 7.67. The highest BCUT2D eigenvalue weighted by Crippen LogP contribution is 2.32. The van der Waals surface area contributed by atoms with E-state index in [1.807, 2.05) is 31.1 Å². The largest absolute Gasteiger partial charge is 0.497 e. The van der Waals surface area contributed by atoms with Crippen molar-refractivity contribution in [2.75, 3.05) is 38.5 Å². The van der Waals surface area contributed by atoms with Crippen molar-refractivity contribution in [1.82, 2.24) is 9.97 Å². The maximum atomic E-state index is 13.8. The highest BCUT2D eigenvalue weighted by molar-refractivity contribution is 7.98. The Morgan fingerprint density at radius 2 is 1.94 bits per heavy atom. The van der Waals surface area contributed by atoms with Crippen LogP contribution in [0.4, 0.5) is 15.9 Å². The Hall–Kier alpha value is -3.33. The summed E-state index contributed by atoms with van der Waals surface area (Å²) in [5.41, 5.74) is 1.73. The Bertz CT molecular complexity index is 1080. The van der Waals surface area contributed by atoms with Gasteiger partial charge in [0.25, 0.3) is 5.91 Å². The Morgan fingerprint density at radius 3 is 2.65 bits per heavy atom. The van der Waals surface area contributed by atoms with Crippen LogP contribution in [0.2, 0.25) is 0 Å². The molecule has 0 bridgehead atoms. The summed E-state index contributed by atoms with van der Waals surface area (Å²) in [5.74, 6) is 1.42. The van der Waals surface area contributed by atoms with Gasteiger partial charge in [0, 0.05) is 49.4 Å². The molecule has 162 valence electrons. The molecule has 0 saturated heterocycles. The number of carbonyl (C=O) groups is 1. The molecule has 1 aromatic carbocycles. The summed E-state index contributed by atoms with van der Waals surface area (Å²) in [4.78, 5) is 22.9. The van der Waals surface area contributed by atoms with Crippen LogP contribution in [0.5, 0.6) is 11.5 Å². The topological polar surface area (TPSA) is 76.6 Å². The molecule has 0 radical (unpaired) electrons. The van der Waals surface area contributed by atoms with Crippen molar-refractivity contribution in [2.24, 2.45) is 0 Å². The van der Waals surface area contributed by atoms with E-state index >= 15 is 0 Å². The van der Waals surface area contributed by atoms with Crippen LogP contribution in [-0.4, -0.2) is 44.2 Å². The van der Waals surface area contributed by atoms with Gasteiger partial charge < -0.3 is 19.7 Å². The fourth-order valence-electron chi connectivity index (χ4n) is 2.76. The molecule has 0 atom stereocenters. The first-order chi connectivity index (χ1) is 14.9. The summed E-state index contributed by atoms with van der Waals surface area (Å²) in [6, 6.07) is 11.5. The number of hydrogen-bond acceptors (Lipinski definition) is 7. The van der Waals surface area contributed by atoms with Crippen molar-refractivity contribution in [3.05, 3.63) is 65.7 Å². The fraction of sp³-hybridized carbons (Fsp3) is 0.227. The quantitative estimate of drug-likeness (QED) is 0.413. The van der Waals surface area contributed by atoms with Gasteiger partial charge in [-0.15, -0.1) is 11.8 Å². The van der Waals surface area contributed by atoms with E-state index in [1.165, 1.54) is 23.9 Å². The van der Waals surface area contributed by atoms with Crippen molar-refractivity contribution >= 4 is 29.2 Å². The minimum atomic E-state index is -0.653. The Balaban J connectivity index is 1.81. The van der Waals surface area contributed by atoms with E-state index < -0.39 is 5.95 Å². The first-order valence-corrected chi connectivity index (χ1v) is 10.3. The molecule has 0 aliphatic carbocycles. The number of carbonyl (C=O) groups excluding carboxylic acids is 1. The highest BCUT2D eigenvalue weighted by Gasteiger charge is 2.16. The van der Waals surface area contributed by atoms with Gasteiger partial charge in [0.2, 0.25) is 5.95 Å². The number of hydrogen-bond donors (Lipinski definition) is 1. The predicted molar refractivity (Wildman–Crippen MR) is 120 cm³/mol. The lowest BCUT2D eigenvalue weighted by Crippen LogP contribution is -2.15. The molecule has 0 aliphatic heterocycles. The molecule has 0 fully saturated rings. The number of nitrogens with zero attached hydrogens (tertiary/aromatic N) is 3. The number of ether oxygens (including phenoxy) is 2. The zero-order valence-electron chi connectivity index (χ0n) is 17.7. The molecule has 3 aromatic rings. The normalized spacial score (nSPS) is 10.5. The Morgan fingerprint density at radius 1 is 1.13 bits per heavy atom. The van der Waals surface area contributed by atoms with Gasteiger partial charge in [-0.2, -0.15) is 4.39 Å². The summed E-state index contributed by atoms with van der Waals surface area (Å²) >= 11 is 1.25. The Labute approximate surface area is 184 Å². The summed E-state index contributed by atoms with van der Waals surface area (Å²) in [6.07, 6.45) is 1.61. The van der Waals surface area contributed by atoms with Crippen LogP contribution in [-0.2, 0) is 5.75 Å². The summed E-state index contributed by atoms with van der Waals surface area (Å²) in [7, 11) is 6.87. The summed E-state index contributed by atoms with van der Waals surface area (Å²) in [5, 5.41) is 3.12. The molecule has 9 heteroatoms. The molecule has 31 heavy (non-hydrogen) atoms. The van der Waals surface area contributed by atoms with Crippen molar-refractivity contribution in [1.29, 1.82) is 0 Å². The number of amides is 1. The number of benzene rings is 1. The average molecular weight is 443 g/mol. The van der Waals surface area contributed by atoms with Crippen molar-refractivity contribution < 1.29 is 18.7 Å². The summed E-state index contributed by atoms with van der Waals surface area (Å²) in [6.45, 7) is 0. The molecule has 0 spiro atoms. The van der Waals surface area contributed by atoms with E-state index in [0.29, 0.717) is 28.8 Å². The molecule has 1 N–H and O–H groups in total. The van der Waals surface area contributed by atoms with Gasteiger partial charge in [-0.3, -0.25) is 4.79 Å². The highest BCUT2D eigenvalue weighted by atomic mass is 32.2. The van der Waals surface area contributed by atoms with Crippen LogP contribution in [0.1, 0.15) is 15.9 Å². The van der Waals surface area contributed by atoms with Gasteiger partial charge in [0.05, 0.1) is 19.8 Å². The van der Waals surface area contributed by atoms with Crippen molar-refractivity contribution in [3.8, 4) is 11.5 Å². The number of aromatic nitrogens is 2. The third-order valence-corrected chi connectivity index (χ3v) is 5.43. The smallest absolute Gasteiger partial charge is 0.258 e. The first kappa shape index (κ1) is 22.4. The van der Waals surface area contributed by atoms with E-state index in [0.717, 1.165) is 5.56 Å². The lowest BCUT2D eigenvalue weighted by Gasteiger charge is -2.14. The van der Waals surface area contributed by atoms with Gasteiger partial charge >= 0.3 is 0 Å². The maximum absolute atomic E-state index is 13.8. The predicted octanol–water partition coefficient (Wildman–Crippen LogP) is 4.24. The second-order valence-electron chi connectivity index (χ2n) is 6.70. The van der Waals surface area contributed by atoms with E-state index in [4.69, 9.17) is 9.47 Å². The molecule has 0 saturated carbocycles. The molecule has 2 aromatic heterocycles. The van der Waals surface area contributed by atoms with Crippen LogP contribution >= 0.6 is 11.8 Å². The first-order valence-electron chi connectivity index (χ1n) is 9.36. The van der Waals surface area contributed by atoms with E-state index in [9.17, 15) is 9.18 Å². The third kappa shape index (κ3) is 5.64. The number of rotatable bonds is 8. The van der Waals surface area contributed by atoms with Gasteiger partial charge in [-0.25, -0.2) is 9.97 Å². The van der Waals surface area contributed by atoms with Crippen LogP contribution in [0.15, 0.2) is 53.7 Å². The summed E-state index contributed by atoms with van der Waals surface area (Å²) < 4.78 is 24.5. The zero-order chi connectivity index (χ0) is 22.4. The molecule has 7 nitrogen and oxygen atoms in total. The van der Waals surface area contributed by atoms with Crippen molar-refractivity contribution in [2.45, 2.75) is 10.8 Å². The monoisotopic (exact) mass is 442 g/mol. The van der Waals surface area contributed by atoms with Crippen LogP contribution < -0.4 is 19.7 Å². The number of methoxy groups -OCH3 is 2. The van der Waals surface area contributed by atoms with Crippen molar-refractivity contribution in [3.63, 3.8) is 0 Å². The SMILES string of the molecule is COc1ccc(CSc2nc(F)ccc2C(=O)Nc2ccnc(N(C)C)c2)c(OC)c1. The molecule has 2 heterocycles. The number of thioether (sulfide) groups is 1. The molecule has 1 amide bonds. The van der Waals surface area contributed by atoms with E-state index in [-0.39, 0.29) is 16.5 Å². The molecule has 3 rings (SSSR count). The third-order valence-electron chi connectivity index (χ3n) is 4.39. The lowest BCUT2D eigenvalue weighted by atomic mass is 10.2. The van der Waals surface area contributed by atoms with Gasteiger partial charge in [-0.1, -0.05) is 6.07 Å². The lowest BCUT2D eigenvalue weighted by molar-refractivity contribution is 0.102. The minimum absolute atomic E-state index is 0.280. The maximum Gasteiger partial charge on any atom is 0.258 e. The van der Waals surface area contributed by atoms with Gasteiger partial charge in [0.15, 0.2) is 0 Å². The van der Waals surface area contributed by atoms with Crippen LogP contribution in [0.25, 0.3) is 0 Å². The molecule has 0 unspecified atom stereocenters. The van der Waals surface area contributed by atoms with Crippen LogP contribution in [0, 0.1) is 5.95 Å². The number of halogens is 1. The van der Waals surface area contributed by atoms with Gasteiger partial charge in [0.1, 0.15) is 22.3 Å². The average Bonchev–Trinajstić information content (AvgIpc) is 2.77. The molecule has 0 aliphatic rings. The molecular formula is C22H23FN4O3S. The van der Waals surface area contributed by atoms with E-state index in [1.54, 1.807) is 38.6 Å². The Kier molecular flexibility index (Phi) is 7.30. The zero-order valence-corrected chi connectivity index (χ0v) is 18.5. The number of anilines is 2.